The molecule has 1 aliphatic heterocycles. The van der Waals surface area contributed by atoms with Crippen molar-refractivity contribution in [3.05, 3.63) is 42.0 Å². The number of nitrogens with one attached hydrogen (secondary N) is 2. The molecule has 2 N–H and O–H groups in total. The molecule has 3 aromatic rings. The number of hydrogen-bond donors (Lipinski definition) is 2. The van der Waals surface area contributed by atoms with Crippen molar-refractivity contribution in [2.45, 2.75) is 6.42 Å². The average Bonchev–Trinajstić information content (AvgIpc) is 2.89. The summed E-state index contributed by atoms with van der Waals surface area (Å²) in [6.45, 7) is 5.87. The Labute approximate surface area is 200 Å². The number of anilines is 2. The van der Waals surface area contributed by atoms with Gasteiger partial charge in [-0.3, -0.25) is 4.90 Å². The van der Waals surface area contributed by atoms with E-state index in [-0.39, 0.29) is 0 Å². The van der Waals surface area contributed by atoms with Crippen LogP contribution in [0.2, 0.25) is 0 Å². The van der Waals surface area contributed by atoms with Gasteiger partial charge in [-0.15, -0.1) is 0 Å². The van der Waals surface area contributed by atoms with Crippen molar-refractivity contribution < 1.29 is 18.9 Å². The Kier molecular flexibility index (Phi) is 8.21. The molecule has 0 spiro atoms. The van der Waals surface area contributed by atoms with Crippen LogP contribution in [-0.2, 0) is 11.2 Å². The van der Waals surface area contributed by atoms with Crippen LogP contribution in [0.3, 0.4) is 0 Å². The molecule has 34 heavy (non-hydrogen) atoms. The van der Waals surface area contributed by atoms with Crippen LogP contribution in [0.1, 0.15) is 5.56 Å². The summed E-state index contributed by atoms with van der Waals surface area (Å²) in [4.78, 5) is 11.9. The van der Waals surface area contributed by atoms with E-state index in [0.717, 1.165) is 74.8 Å². The number of aromatic nitrogens is 2. The Balaban J connectivity index is 1.51. The lowest BCUT2D eigenvalue weighted by atomic mass is 10.1. The predicted molar refractivity (Wildman–Crippen MR) is 134 cm³/mol. The lowest BCUT2D eigenvalue weighted by Crippen LogP contribution is -2.39. The van der Waals surface area contributed by atoms with Gasteiger partial charge in [-0.05, 0) is 30.2 Å². The fourth-order valence-corrected chi connectivity index (χ4v) is 3.94. The van der Waals surface area contributed by atoms with Crippen LogP contribution in [-0.4, -0.2) is 82.1 Å². The minimum Gasteiger partial charge on any atom is -0.497 e. The molecule has 1 fully saturated rings. The Morgan fingerprint density at radius 3 is 2.32 bits per heavy atom. The molecule has 1 saturated heterocycles. The van der Waals surface area contributed by atoms with E-state index in [1.54, 1.807) is 21.3 Å². The smallest absolute Gasteiger partial charge is 0.225 e. The van der Waals surface area contributed by atoms with Crippen molar-refractivity contribution in [3.8, 4) is 17.2 Å². The van der Waals surface area contributed by atoms with Gasteiger partial charge in [0.2, 0.25) is 5.95 Å². The topological polar surface area (TPSA) is 90.0 Å². The summed E-state index contributed by atoms with van der Waals surface area (Å²) in [7, 11) is 4.93. The maximum Gasteiger partial charge on any atom is 0.225 e. The third-order valence-corrected chi connectivity index (χ3v) is 5.88. The maximum absolute atomic E-state index is 5.51. The summed E-state index contributed by atoms with van der Waals surface area (Å²) >= 11 is 0. The van der Waals surface area contributed by atoms with Gasteiger partial charge in [0.15, 0.2) is 11.5 Å². The minimum atomic E-state index is 0.583. The number of hydrogen-bond acceptors (Lipinski definition) is 9. The molecule has 0 atom stereocenters. The molecule has 2 heterocycles. The van der Waals surface area contributed by atoms with Crippen LogP contribution >= 0.6 is 0 Å². The molecule has 1 aromatic heterocycles. The van der Waals surface area contributed by atoms with Gasteiger partial charge in [0.1, 0.15) is 11.6 Å². The first-order valence-electron chi connectivity index (χ1n) is 11.5. The highest BCUT2D eigenvalue weighted by atomic mass is 16.5. The predicted octanol–water partition coefficient (Wildman–Crippen LogP) is 3.05. The zero-order chi connectivity index (χ0) is 23.8. The average molecular weight is 468 g/mol. The van der Waals surface area contributed by atoms with Crippen molar-refractivity contribution >= 4 is 22.7 Å². The Morgan fingerprint density at radius 1 is 0.882 bits per heavy atom. The van der Waals surface area contributed by atoms with Gasteiger partial charge in [-0.25, -0.2) is 4.98 Å². The van der Waals surface area contributed by atoms with Crippen molar-refractivity contribution in [2.24, 2.45) is 0 Å². The van der Waals surface area contributed by atoms with Gasteiger partial charge in [-0.2, -0.15) is 4.98 Å². The second-order valence-corrected chi connectivity index (χ2v) is 8.03. The van der Waals surface area contributed by atoms with Crippen molar-refractivity contribution in [3.63, 3.8) is 0 Å². The fraction of sp³-hybridized carbons (Fsp3) is 0.440. The molecule has 2 aromatic carbocycles. The van der Waals surface area contributed by atoms with Gasteiger partial charge < -0.3 is 29.6 Å². The van der Waals surface area contributed by atoms with Gasteiger partial charge in [-0.1, -0.05) is 12.1 Å². The third-order valence-electron chi connectivity index (χ3n) is 5.88. The molecule has 0 amide bonds. The molecule has 1 aliphatic rings. The monoisotopic (exact) mass is 467 g/mol. The number of benzene rings is 2. The SMILES string of the molecule is COc1ccc(CCNc2nc(NCCN3CCOCC3)nc3cc(OC)c(OC)cc23)cc1. The van der Waals surface area contributed by atoms with E-state index < -0.39 is 0 Å². The summed E-state index contributed by atoms with van der Waals surface area (Å²) in [5.74, 6) is 3.47. The fourth-order valence-electron chi connectivity index (χ4n) is 3.94. The van der Waals surface area contributed by atoms with E-state index in [1.807, 2.05) is 24.3 Å². The highest BCUT2D eigenvalue weighted by molar-refractivity contribution is 5.92. The maximum atomic E-state index is 5.51. The Bertz CT molecular complexity index is 1070. The third kappa shape index (κ3) is 5.98. The molecular formula is C25H33N5O4. The standard InChI is InChI=1S/C25H33N5O4/c1-31-19-6-4-18(5-7-19)8-9-26-24-20-16-22(32-2)23(33-3)17-21(20)28-25(29-24)27-10-11-30-12-14-34-15-13-30/h4-7,16-17H,8-15H2,1-3H3,(H2,26,27,28,29). The van der Waals surface area contributed by atoms with Crippen LogP contribution in [0.15, 0.2) is 36.4 Å². The van der Waals surface area contributed by atoms with Crippen molar-refractivity contribution in [2.75, 3.05) is 77.9 Å². The Morgan fingerprint density at radius 2 is 1.62 bits per heavy atom. The van der Waals surface area contributed by atoms with E-state index in [1.165, 1.54) is 5.56 Å². The molecule has 0 unspecified atom stereocenters. The molecular weight excluding hydrogens is 434 g/mol. The molecule has 9 heteroatoms. The van der Waals surface area contributed by atoms with Gasteiger partial charge in [0, 0.05) is 44.2 Å². The van der Waals surface area contributed by atoms with Crippen LogP contribution in [0.5, 0.6) is 17.2 Å². The van der Waals surface area contributed by atoms with Gasteiger partial charge in [0.25, 0.3) is 0 Å². The van der Waals surface area contributed by atoms with Crippen molar-refractivity contribution in [1.82, 2.24) is 14.9 Å². The number of fused-ring (bicyclic) bond motifs is 1. The van der Waals surface area contributed by atoms with Gasteiger partial charge in [0.05, 0.1) is 40.1 Å². The number of morpholine rings is 1. The summed E-state index contributed by atoms with van der Waals surface area (Å²) in [6.07, 6.45) is 0.850. The summed E-state index contributed by atoms with van der Waals surface area (Å²) in [6, 6.07) is 11.9. The van der Waals surface area contributed by atoms with E-state index >= 15 is 0 Å². The molecule has 9 nitrogen and oxygen atoms in total. The summed E-state index contributed by atoms with van der Waals surface area (Å²) in [5, 5.41) is 7.75. The lowest BCUT2D eigenvalue weighted by molar-refractivity contribution is 0.0398. The zero-order valence-electron chi connectivity index (χ0n) is 20.1. The summed E-state index contributed by atoms with van der Waals surface area (Å²) < 4.78 is 21.7. The first-order valence-corrected chi connectivity index (χ1v) is 11.5. The second-order valence-electron chi connectivity index (χ2n) is 8.03. The first-order chi connectivity index (χ1) is 16.7. The Hall–Kier alpha value is -3.30. The van der Waals surface area contributed by atoms with Crippen molar-refractivity contribution in [1.29, 1.82) is 0 Å². The van der Waals surface area contributed by atoms with Crippen LogP contribution < -0.4 is 24.8 Å². The number of ether oxygens (including phenoxy) is 4. The highest BCUT2D eigenvalue weighted by Gasteiger charge is 2.14. The number of nitrogens with zero attached hydrogens (tertiary/aromatic N) is 3. The van der Waals surface area contributed by atoms with Crippen LogP contribution in [0.25, 0.3) is 10.9 Å². The summed E-state index contributed by atoms with van der Waals surface area (Å²) in [5.41, 5.74) is 2.00. The molecule has 0 saturated carbocycles. The molecule has 182 valence electrons. The normalized spacial score (nSPS) is 14.1. The lowest BCUT2D eigenvalue weighted by Gasteiger charge is -2.26. The molecule has 0 aliphatic carbocycles. The van der Waals surface area contributed by atoms with E-state index in [0.29, 0.717) is 17.4 Å². The quantitative estimate of drug-likeness (QED) is 0.442. The van der Waals surface area contributed by atoms with E-state index in [2.05, 4.69) is 27.7 Å². The number of rotatable bonds is 11. The first kappa shape index (κ1) is 23.8. The van der Waals surface area contributed by atoms with E-state index in [9.17, 15) is 0 Å². The van der Waals surface area contributed by atoms with Crippen LogP contribution in [0, 0.1) is 0 Å². The van der Waals surface area contributed by atoms with Gasteiger partial charge >= 0.3 is 0 Å². The van der Waals surface area contributed by atoms with E-state index in [4.69, 9.17) is 28.9 Å². The molecule has 0 radical (unpaired) electrons. The minimum absolute atomic E-state index is 0.583. The number of methoxy groups -OCH3 is 3. The van der Waals surface area contributed by atoms with Crippen LogP contribution in [0.4, 0.5) is 11.8 Å². The molecule has 4 rings (SSSR count). The second kappa shape index (κ2) is 11.7. The zero-order valence-corrected chi connectivity index (χ0v) is 20.1. The highest BCUT2D eigenvalue weighted by Crippen LogP contribution is 2.34. The molecule has 0 bridgehead atoms. The largest absolute Gasteiger partial charge is 0.497 e.